The molecule has 0 atom stereocenters. The van der Waals surface area contributed by atoms with E-state index >= 15 is 0 Å². The molecule has 4 aromatic rings. The van der Waals surface area contributed by atoms with Gasteiger partial charge in [-0.1, -0.05) is 74.2 Å². The smallest absolute Gasteiger partial charge is 0.255 e. The lowest BCUT2D eigenvalue weighted by Gasteiger charge is -2.10. The Balaban J connectivity index is 1.26. The highest BCUT2D eigenvalue weighted by Crippen LogP contribution is 2.21. The van der Waals surface area contributed by atoms with Gasteiger partial charge in [-0.15, -0.1) is 0 Å². The van der Waals surface area contributed by atoms with E-state index in [1.54, 1.807) is 18.7 Å². The largest absolute Gasteiger partial charge is 0.468 e. The summed E-state index contributed by atoms with van der Waals surface area (Å²) < 4.78 is 5.41. The SMILES string of the molecule is O=c1[nH]c(SCc2ccco2)nc(CCCCCCCCCc2ccccc2)c1Cc1cncnc1. The molecule has 1 N–H and O–H groups in total. The molecule has 0 unspecified atom stereocenters. The van der Waals surface area contributed by atoms with Crippen LogP contribution < -0.4 is 5.56 Å². The van der Waals surface area contributed by atoms with Crippen molar-refractivity contribution in [2.45, 2.75) is 75.1 Å². The fraction of sp³-hybridized carbons (Fsp3) is 0.379. The second-order valence-corrected chi connectivity index (χ2v) is 10.0. The Morgan fingerprint density at radius 1 is 0.806 bits per heavy atom. The number of rotatable bonds is 15. The summed E-state index contributed by atoms with van der Waals surface area (Å²) in [7, 11) is 0. The second-order valence-electron chi connectivity index (χ2n) is 9.05. The summed E-state index contributed by atoms with van der Waals surface area (Å²) in [5.74, 6) is 1.49. The average Bonchev–Trinajstić information content (AvgIpc) is 3.43. The summed E-state index contributed by atoms with van der Waals surface area (Å²) >= 11 is 1.49. The Bertz CT molecular complexity index is 1210. The zero-order valence-corrected chi connectivity index (χ0v) is 21.5. The van der Waals surface area contributed by atoms with Crippen LogP contribution in [0.4, 0.5) is 0 Å². The van der Waals surface area contributed by atoms with Crippen LogP contribution >= 0.6 is 11.8 Å². The number of nitrogens with zero attached hydrogens (tertiary/aromatic N) is 3. The molecule has 7 heteroatoms. The lowest BCUT2D eigenvalue weighted by Crippen LogP contribution is -2.19. The lowest BCUT2D eigenvalue weighted by molar-refractivity contribution is 0.530. The van der Waals surface area contributed by atoms with Gasteiger partial charge in [-0.25, -0.2) is 15.0 Å². The highest BCUT2D eigenvalue weighted by atomic mass is 32.2. The first kappa shape index (κ1) is 25.9. The Morgan fingerprint density at radius 3 is 2.25 bits per heavy atom. The molecule has 0 radical (unpaired) electrons. The molecule has 0 amide bonds. The van der Waals surface area contributed by atoms with Crippen molar-refractivity contribution in [3.05, 3.63) is 106 Å². The van der Waals surface area contributed by atoms with Gasteiger partial charge in [-0.3, -0.25) is 4.79 Å². The normalized spacial score (nSPS) is 11.1. The predicted molar refractivity (Wildman–Crippen MR) is 144 cm³/mol. The van der Waals surface area contributed by atoms with E-state index in [9.17, 15) is 4.79 Å². The van der Waals surface area contributed by atoms with Crippen molar-refractivity contribution in [3.8, 4) is 0 Å². The second kappa shape index (κ2) is 14.4. The molecule has 188 valence electrons. The maximum Gasteiger partial charge on any atom is 0.255 e. The fourth-order valence-corrected chi connectivity index (χ4v) is 5.07. The molecule has 0 saturated carbocycles. The van der Waals surface area contributed by atoms with Gasteiger partial charge >= 0.3 is 0 Å². The van der Waals surface area contributed by atoms with Gasteiger partial charge in [0.15, 0.2) is 5.16 Å². The van der Waals surface area contributed by atoms with Crippen molar-refractivity contribution in [2.75, 3.05) is 0 Å². The Labute approximate surface area is 217 Å². The summed E-state index contributed by atoms with van der Waals surface area (Å²) in [6.45, 7) is 0. The molecule has 3 aromatic heterocycles. The van der Waals surface area contributed by atoms with Crippen molar-refractivity contribution in [1.29, 1.82) is 0 Å². The van der Waals surface area contributed by atoms with E-state index in [1.807, 2.05) is 12.1 Å². The van der Waals surface area contributed by atoms with Crippen LogP contribution in [0.15, 0.2) is 81.8 Å². The summed E-state index contributed by atoms with van der Waals surface area (Å²) in [6, 6.07) is 14.5. The van der Waals surface area contributed by atoms with Crippen LogP contribution in [0.5, 0.6) is 0 Å². The molecule has 0 saturated heterocycles. The molecule has 36 heavy (non-hydrogen) atoms. The van der Waals surface area contributed by atoms with Gasteiger partial charge in [-0.05, 0) is 48.9 Å². The first-order valence-corrected chi connectivity index (χ1v) is 13.8. The van der Waals surface area contributed by atoms with Gasteiger partial charge in [0.1, 0.15) is 12.1 Å². The fourth-order valence-electron chi connectivity index (χ4n) is 4.29. The van der Waals surface area contributed by atoms with Gasteiger partial charge < -0.3 is 9.40 Å². The van der Waals surface area contributed by atoms with Crippen molar-refractivity contribution in [3.63, 3.8) is 0 Å². The zero-order chi connectivity index (χ0) is 24.8. The quantitative estimate of drug-likeness (QED) is 0.113. The molecule has 0 aliphatic rings. The Kier molecular flexibility index (Phi) is 10.3. The Morgan fingerprint density at radius 2 is 1.53 bits per heavy atom. The number of furan rings is 1. The minimum atomic E-state index is -0.0794. The highest BCUT2D eigenvalue weighted by molar-refractivity contribution is 7.98. The molecule has 0 aliphatic carbocycles. The van der Waals surface area contributed by atoms with E-state index in [0.29, 0.717) is 22.9 Å². The molecule has 0 fully saturated rings. The van der Waals surface area contributed by atoms with Crippen LogP contribution in [0.2, 0.25) is 0 Å². The zero-order valence-electron chi connectivity index (χ0n) is 20.7. The molecular weight excluding hydrogens is 468 g/mol. The Hall–Kier alpha value is -3.19. The standard InChI is InChI=1S/C29H34N4O2S/c34-28-26(18-24-19-30-22-31-20-24)27(32-29(33-28)36-21-25-15-11-17-35-25)16-10-5-3-1-2-4-7-12-23-13-8-6-9-14-23/h6,8-9,11,13-15,17,19-20,22H,1-5,7,10,12,16,18,21H2,(H,32,33,34). The predicted octanol–water partition coefficient (Wildman–Crippen LogP) is 6.55. The van der Waals surface area contributed by atoms with Gasteiger partial charge in [0.05, 0.1) is 17.7 Å². The van der Waals surface area contributed by atoms with Gasteiger partial charge in [0.25, 0.3) is 5.56 Å². The van der Waals surface area contributed by atoms with E-state index in [1.165, 1.54) is 62.2 Å². The monoisotopic (exact) mass is 502 g/mol. The summed E-state index contributed by atoms with van der Waals surface area (Å²) in [6.07, 6.45) is 17.6. The van der Waals surface area contributed by atoms with Gasteiger partial charge in [-0.2, -0.15) is 0 Å². The molecule has 6 nitrogen and oxygen atoms in total. The minimum Gasteiger partial charge on any atom is -0.468 e. The highest BCUT2D eigenvalue weighted by Gasteiger charge is 2.13. The van der Waals surface area contributed by atoms with Crippen LogP contribution in [0.25, 0.3) is 0 Å². The minimum absolute atomic E-state index is 0.0794. The average molecular weight is 503 g/mol. The lowest BCUT2D eigenvalue weighted by atomic mass is 10.0. The third kappa shape index (κ3) is 8.48. The van der Waals surface area contributed by atoms with Crippen LogP contribution in [-0.2, 0) is 25.0 Å². The van der Waals surface area contributed by atoms with E-state index in [2.05, 4.69) is 45.3 Å². The summed E-state index contributed by atoms with van der Waals surface area (Å²) in [5, 5.41) is 0.637. The molecule has 0 spiro atoms. The van der Waals surface area contributed by atoms with Gasteiger partial charge in [0, 0.05) is 24.4 Å². The first-order chi connectivity index (χ1) is 17.8. The number of H-pyrrole nitrogens is 1. The number of aromatic nitrogens is 4. The summed E-state index contributed by atoms with van der Waals surface area (Å²) in [5.41, 5.74) is 3.87. The number of aromatic amines is 1. The topological polar surface area (TPSA) is 84.7 Å². The molecule has 4 rings (SSSR count). The van der Waals surface area contributed by atoms with E-state index in [-0.39, 0.29) is 5.56 Å². The summed E-state index contributed by atoms with van der Waals surface area (Å²) in [4.78, 5) is 29.0. The van der Waals surface area contributed by atoms with Crippen molar-refractivity contribution >= 4 is 11.8 Å². The number of unbranched alkanes of at least 4 members (excludes halogenated alkanes) is 6. The van der Waals surface area contributed by atoms with E-state index in [4.69, 9.17) is 9.40 Å². The van der Waals surface area contributed by atoms with Crippen molar-refractivity contribution in [1.82, 2.24) is 19.9 Å². The van der Waals surface area contributed by atoms with Crippen LogP contribution in [0.1, 0.15) is 73.1 Å². The maximum atomic E-state index is 13.0. The number of thioether (sulfide) groups is 1. The number of benzene rings is 1. The molecular formula is C29H34N4O2S. The maximum absolute atomic E-state index is 13.0. The number of nitrogens with one attached hydrogen (secondary N) is 1. The van der Waals surface area contributed by atoms with Crippen LogP contribution in [0.3, 0.4) is 0 Å². The van der Waals surface area contributed by atoms with Crippen LogP contribution in [-0.4, -0.2) is 19.9 Å². The molecule has 0 aliphatic heterocycles. The van der Waals surface area contributed by atoms with Crippen molar-refractivity contribution in [2.24, 2.45) is 0 Å². The van der Waals surface area contributed by atoms with Crippen molar-refractivity contribution < 1.29 is 4.42 Å². The molecule has 1 aromatic carbocycles. The van der Waals surface area contributed by atoms with E-state index < -0.39 is 0 Å². The number of hydrogen-bond donors (Lipinski definition) is 1. The third-order valence-corrected chi connectivity index (χ3v) is 7.12. The van der Waals surface area contributed by atoms with Gasteiger partial charge in [0.2, 0.25) is 0 Å². The van der Waals surface area contributed by atoms with E-state index in [0.717, 1.165) is 36.3 Å². The molecule has 3 heterocycles. The van der Waals surface area contributed by atoms with Crippen LogP contribution in [0, 0.1) is 0 Å². The number of hydrogen-bond acceptors (Lipinski definition) is 6. The third-order valence-electron chi connectivity index (χ3n) is 6.23. The number of aryl methyl sites for hydroxylation is 2. The first-order valence-electron chi connectivity index (χ1n) is 12.8. The molecule has 0 bridgehead atoms.